The quantitative estimate of drug-likeness (QED) is 0.701. The molecule has 0 fully saturated rings. The molecule has 0 saturated heterocycles. The summed E-state index contributed by atoms with van der Waals surface area (Å²) in [6.07, 6.45) is 1.78. The van der Waals surface area contributed by atoms with Crippen molar-refractivity contribution in [2.45, 2.75) is 9.79 Å². The molecule has 0 aliphatic heterocycles. The first-order valence-corrected chi connectivity index (χ1v) is 7.43. The Morgan fingerprint density at radius 2 is 2.10 bits per heavy atom. The fourth-order valence-electron chi connectivity index (χ4n) is 1.95. The second-order valence-electron chi connectivity index (χ2n) is 4.18. The Balaban J connectivity index is 2.08. The van der Waals surface area contributed by atoms with Crippen LogP contribution in [0.2, 0.25) is 0 Å². The molecule has 0 saturated carbocycles. The van der Waals surface area contributed by atoms with E-state index in [0.29, 0.717) is 10.5 Å². The van der Waals surface area contributed by atoms with Gasteiger partial charge in [0, 0.05) is 26.5 Å². The lowest BCUT2D eigenvalue weighted by Crippen LogP contribution is -1.85. The summed E-state index contributed by atoms with van der Waals surface area (Å²) in [6, 6.07) is 12.6. The van der Waals surface area contributed by atoms with Gasteiger partial charge in [0.25, 0.3) is 0 Å². The topological polar surface area (TPSA) is 39.6 Å². The zero-order valence-electron chi connectivity index (χ0n) is 10.2. The zero-order chi connectivity index (χ0) is 14.1. The van der Waals surface area contributed by atoms with Crippen molar-refractivity contribution in [3.63, 3.8) is 0 Å². The number of aromatic amines is 1. The highest BCUT2D eigenvalue weighted by atomic mass is 79.9. The third-order valence-corrected chi connectivity index (χ3v) is 5.06. The number of fused-ring (bicyclic) bond motifs is 1. The van der Waals surface area contributed by atoms with Crippen LogP contribution in [0.4, 0.5) is 4.39 Å². The van der Waals surface area contributed by atoms with E-state index in [1.165, 1.54) is 17.8 Å². The second-order valence-corrected chi connectivity index (χ2v) is 6.06. The lowest BCUT2D eigenvalue weighted by atomic mass is 10.2. The summed E-state index contributed by atoms with van der Waals surface area (Å²) in [5.41, 5.74) is 1.32. The Kier molecular flexibility index (Phi) is 3.51. The summed E-state index contributed by atoms with van der Waals surface area (Å²) in [5, 5.41) is 9.84. The largest absolute Gasteiger partial charge is 0.361 e. The van der Waals surface area contributed by atoms with Gasteiger partial charge in [-0.2, -0.15) is 5.26 Å². The molecule has 0 amide bonds. The normalized spacial score (nSPS) is 10.7. The van der Waals surface area contributed by atoms with Gasteiger partial charge in [-0.05, 0) is 46.3 Å². The molecule has 98 valence electrons. The fraction of sp³-hybridized carbons (Fsp3) is 0. The van der Waals surface area contributed by atoms with Crippen molar-refractivity contribution in [3.05, 3.63) is 58.4 Å². The predicted molar refractivity (Wildman–Crippen MR) is 81.2 cm³/mol. The van der Waals surface area contributed by atoms with E-state index < -0.39 is 0 Å². The number of nitrogens with one attached hydrogen (secondary N) is 1. The molecule has 0 atom stereocenters. The molecule has 5 heteroatoms. The van der Waals surface area contributed by atoms with Crippen molar-refractivity contribution in [2.75, 3.05) is 0 Å². The van der Waals surface area contributed by atoms with Crippen molar-refractivity contribution in [3.8, 4) is 6.07 Å². The Hall–Kier alpha value is -1.77. The van der Waals surface area contributed by atoms with Crippen molar-refractivity contribution >= 4 is 38.6 Å². The number of hydrogen-bond donors (Lipinski definition) is 1. The average molecular weight is 347 g/mol. The van der Waals surface area contributed by atoms with Crippen molar-refractivity contribution in [1.29, 1.82) is 5.26 Å². The number of hydrogen-bond acceptors (Lipinski definition) is 2. The Morgan fingerprint density at radius 1 is 1.25 bits per heavy atom. The zero-order valence-corrected chi connectivity index (χ0v) is 12.6. The van der Waals surface area contributed by atoms with E-state index in [4.69, 9.17) is 5.26 Å². The molecule has 0 spiro atoms. The van der Waals surface area contributed by atoms with Crippen LogP contribution in [0.3, 0.4) is 0 Å². The summed E-state index contributed by atoms with van der Waals surface area (Å²) in [7, 11) is 0. The van der Waals surface area contributed by atoms with Crippen LogP contribution in [-0.4, -0.2) is 4.98 Å². The minimum absolute atomic E-state index is 0.292. The van der Waals surface area contributed by atoms with Gasteiger partial charge in [-0.15, -0.1) is 0 Å². The summed E-state index contributed by atoms with van der Waals surface area (Å²) in [4.78, 5) is 4.34. The highest BCUT2D eigenvalue weighted by molar-refractivity contribution is 9.10. The molecule has 0 aliphatic rings. The van der Waals surface area contributed by atoms with Gasteiger partial charge >= 0.3 is 0 Å². The molecule has 0 bridgehead atoms. The van der Waals surface area contributed by atoms with Gasteiger partial charge in [0.15, 0.2) is 0 Å². The standard InChI is InChI=1S/C15H8BrFN2S/c16-14-11-4-5-19-13(11)7-12(17)15(14)20-10-3-1-2-9(6-10)8-18/h1-7,19H. The number of benzene rings is 2. The van der Waals surface area contributed by atoms with Crippen molar-refractivity contribution < 1.29 is 4.39 Å². The van der Waals surface area contributed by atoms with E-state index in [0.717, 1.165) is 20.3 Å². The molecule has 1 heterocycles. The number of aromatic nitrogens is 1. The Bertz CT molecular complexity index is 835. The van der Waals surface area contributed by atoms with Gasteiger partial charge in [0.1, 0.15) is 5.82 Å². The van der Waals surface area contributed by atoms with E-state index >= 15 is 0 Å². The van der Waals surface area contributed by atoms with Crippen molar-refractivity contribution in [1.82, 2.24) is 4.98 Å². The number of halogens is 2. The first-order valence-electron chi connectivity index (χ1n) is 5.82. The first kappa shape index (κ1) is 13.2. The average Bonchev–Trinajstić information content (AvgIpc) is 2.92. The third-order valence-electron chi connectivity index (χ3n) is 2.89. The molecule has 3 aromatic rings. The summed E-state index contributed by atoms with van der Waals surface area (Å²) >= 11 is 4.76. The van der Waals surface area contributed by atoms with E-state index in [9.17, 15) is 4.39 Å². The Labute approximate surface area is 127 Å². The van der Waals surface area contributed by atoms with Crippen LogP contribution < -0.4 is 0 Å². The molecular weight excluding hydrogens is 339 g/mol. The van der Waals surface area contributed by atoms with Gasteiger partial charge in [-0.1, -0.05) is 17.8 Å². The predicted octanol–water partition coefficient (Wildman–Crippen LogP) is 5.09. The number of nitriles is 1. The highest BCUT2D eigenvalue weighted by Gasteiger charge is 2.14. The number of nitrogens with zero attached hydrogens (tertiary/aromatic N) is 1. The van der Waals surface area contributed by atoms with Gasteiger partial charge in [-0.3, -0.25) is 0 Å². The fourth-order valence-corrected chi connectivity index (χ4v) is 3.66. The van der Waals surface area contributed by atoms with E-state index in [1.807, 2.05) is 12.1 Å². The van der Waals surface area contributed by atoms with Crippen LogP contribution in [0.25, 0.3) is 10.9 Å². The van der Waals surface area contributed by atoms with Crippen LogP contribution in [0.5, 0.6) is 0 Å². The van der Waals surface area contributed by atoms with Crippen LogP contribution >= 0.6 is 27.7 Å². The summed E-state index contributed by atoms with van der Waals surface area (Å²) in [6.45, 7) is 0. The molecule has 20 heavy (non-hydrogen) atoms. The number of H-pyrrole nitrogens is 1. The molecule has 0 radical (unpaired) electrons. The SMILES string of the molecule is N#Cc1cccc(Sc2c(F)cc3[nH]ccc3c2Br)c1. The van der Waals surface area contributed by atoms with Gasteiger partial charge < -0.3 is 4.98 Å². The first-order chi connectivity index (χ1) is 9.69. The van der Waals surface area contributed by atoms with Crippen LogP contribution in [-0.2, 0) is 0 Å². The molecule has 1 aromatic heterocycles. The second kappa shape index (κ2) is 5.31. The number of rotatable bonds is 2. The summed E-state index contributed by atoms with van der Waals surface area (Å²) < 4.78 is 14.9. The van der Waals surface area contributed by atoms with Gasteiger partial charge in [0.05, 0.1) is 16.5 Å². The van der Waals surface area contributed by atoms with E-state index in [-0.39, 0.29) is 5.82 Å². The van der Waals surface area contributed by atoms with E-state index in [2.05, 4.69) is 27.0 Å². The monoisotopic (exact) mass is 346 g/mol. The molecule has 2 nitrogen and oxygen atoms in total. The van der Waals surface area contributed by atoms with Crippen LogP contribution in [0.15, 0.2) is 56.9 Å². The van der Waals surface area contributed by atoms with Gasteiger partial charge in [-0.25, -0.2) is 4.39 Å². The third kappa shape index (κ3) is 2.33. The van der Waals surface area contributed by atoms with Crippen molar-refractivity contribution in [2.24, 2.45) is 0 Å². The maximum Gasteiger partial charge on any atom is 0.140 e. The van der Waals surface area contributed by atoms with E-state index in [1.54, 1.807) is 24.4 Å². The maximum atomic E-state index is 14.2. The van der Waals surface area contributed by atoms with Crippen LogP contribution in [0, 0.1) is 17.1 Å². The minimum atomic E-state index is -0.292. The lowest BCUT2D eigenvalue weighted by molar-refractivity contribution is 0.602. The summed E-state index contributed by atoms with van der Waals surface area (Å²) in [5.74, 6) is -0.292. The molecular formula is C15H8BrFN2S. The molecule has 2 aromatic carbocycles. The molecule has 0 unspecified atom stereocenters. The smallest absolute Gasteiger partial charge is 0.140 e. The maximum absolute atomic E-state index is 14.2. The van der Waals surface area contributed by atoms with Gasteiger partial charge in [0.2, 0.25) is 0 Å². The van der Waals surface area contributed by atoms with Crippen LogP contribution in [0.1, 0.15) is 5.56 Å². The molecule has 3 rings (SSSR count). The molecule has 1 N–H and O–H groups in total. The lowest BCUT2D eigenvalue weighted by Gasteiger charge is -2.07. The molecule has 0 aliphatic carbocycles. The minimum Gasteiger partial charge on any atom is -0.361 e. The highest BCUT2D eigenvalue weighted by Crippen LogP contribution is 2.39. The Morgan fingerprint density at radius 3 is 2.90 bits per heavy atom.